The van der Waals surface area contributed by atoms with E-state index in [9.17, 15) is 9.59 Å². The van der Waals surface area contributed by atoms with Gasteiger partial charge in [0.25, 0.3) is 0 Å². The lowest BCUT2D eigenvalue weighted by molar-refractivity contribution is -0.177. The maximum atomic E-state index is 12.7. The number of aryl methyl sites for hydroxylation is 3. The first-order chi connectivity index (χ1) is 10.6. The highest BCUT2D eigenvalue weighted by Gasteiger charge is 2.67. The summed E-state index contributed by atoms with van der Waals surface area (Å²) in [5.74, 6) is -0.190. The summed E-state index contributed by atoms with van der Waals surface area (Å²) in [6.45, 7) is 14.0. The lowest BCUT2D eigenvalue weighted by Crippen LogP contribution is -2.64. The van der Waals surface area contributed by atoms with E-state index in [1.165, 1.54) is 5.56 Å². The topological polar surface area (TPSA) is 43.4 Å². The smallest absolute Gasteiger partial charge is 0.312 e. The monoisotopic (exact) mass is 316 g/mol. The van der Waals surface area contributed by atoms with Gasteiger partial charge >= 0.3 is 5.97 Å². The summed E-state index contributed by atoms with van der Waals surface area (Å²) >= 11 is 0. The molecule has 2 rings (SSSR count). The molecule has 126 valence electrons. The highest BCUT2D eigenvalue weighted by Crippen LogP contribution is 2.63. The van der Waals surface area contributed by atoms with Crippen LogP contribution in [0.2, 0.25) is 0 Å². The van der Waals surface area contributed by atoms with Crippen molar-refractivity contribution in [1.82, 2.24) is 0 Å². The van der Waals surface area contributed by atoms with E-state index in [4.69, 9.17) is 4.74 Å². The molecule has 3 unspecified atom stereocenters. The molecule has 1 aliphatic carbocycles. The Labute approximate surface area is 139 Å². The van der Waals surface area contributed by atoms with E-state index in [0.29, 0.717) is 13.0 Å². The molecule has 3 atom stereocenters. The van der Waals surface area contributed by atoms with Crippen molar-refractivity contribution in [3.8, 4) is 0 Å². The predicted octanol–water partition coefficient (Wildman–Crippen LogP) is 4.05. The van der Waals surface area contributed by atoms with Crippen molar-refractivity contribution < 1.29 is 14.3 Å². The van der Waals surface area contributed by atoms with Crippen LogP contribution >= 0.6 is 0 Å². The molecule has 0 radical (unpaired) electrons. The van der Waals surface area contributed by atoms with Gasteiger partial charge in [-0.15, -0.1) is 0 Å². The third kappa shape index (κ3) is 2.41. The average Bonchev–Trinajstić information content (AvgIpc) is 2.42. The number of benzene rings is 1. The summed E-state index contributed by atoms with van der Waals surface area (Å²) in [6, 6.07) is 4.27. The summed E-state index contributed by atoms with van der Waals surface area (Å²) in [4.78, 5) is 24.9. The number of hydrogen-bond donors (Lipinski definition) is 0. The molecular weight excluding hydrogens is 288 g/mol. The molecular formula is C20H28O3. The molecule has 0 amide bonds. The summed E-state index contributed by atoms with van der Waals surface area (Å²) in [7, 11) is 0. The molecule has 0 spiro atoms. The highest BCUT2D eigenvalue weighted by molar-refractivity contribution is 5.89. The highest BCUT2D eigenvalue weighted by atomic mass is 16.5. The molecule has 1 fully saturated rings. The second kappa shape index (κ2) is 5.77. The van der Waals surface area contributed by atoms with Gasteiger partial charge in [0.1, 0.15) is 5.78 Å². The largest absolute Gasteiger partial charge is 0.466 e. The van der Waals surface area contributed by atoms with Gasteiger partial charge in [0.15, 0.2) is 0 Å². The van der Waals surface area contributed by atoms with Crippen LogP contribution in [0, 0.1) is 32.1 Å². The molecule has 0 aliphatic heterocycles. The molecule has 1 saturated carbocycles. The minimum absolute atomic E-state index is 0.142. The summed E-state index contributed by atoms with van der Waals surface area (Å²) < 4.78 is 5.35. The first-order valence-corrected chi connectivity index (χ1v) is 8.35. The zero-order valence-corrected chi connectivity index (χ0v) is 15.4. The standard InChI is InChI=1S/C20H28O3/c1-8-23-18(22)19(6)11-16(15(5)21)20(19,7)17-13(3)9-12(2)10-14(17)4/h9-10,16H,8,11H2,1-7H3. The SMILES string of the molecule is CCOC(=O)C1(C)CC(C(C)=O)C1(C)c1c(C)cc(C)cc1C. The third-order valence-corrected chi connectivity index (χ3v) is 5.87. The molecule has 23 heavy (non-hydrogen) atoms. The summed E-state index contributed by atoms with van der Waals surface area (Å²) in [5.41, 5.74) is 3.43. The third-order valence-electron chi connectivity index (χ3n) is 5.87. The molecule has 0 aromatic heterocycles. The van der Waals surface area contributed by atoms with E-state index < -0.39 is 10.8 Å². The van der Waals surface area contributed by atoms with Gasteiger partial charge in [0.2, 0.25) is 0 Å². The van der Waals surface area contributed by atoms with Gasteiger partial charge in [-0.3, -0.25) is 9.59 Å². The zero-order valence-electron chi connectivity index (χ0n) is 15.4. The Morgan fingerprint density at radius 3 is 2.13 bits per heavy atom. The first-order valence-electron chi connectivity index (χ1n) is 8.35. The Morgan fingerprint density at radius 2 is 1.70 bits per heavy atom. The summed E-state index contributed by atoms with van der Waals surface area (Å²) in [5, 5.41) is 0. The summed E-state index contributed by atoms with van der Waals surface area (Å²) in [6.07, 6.45) is 0.560. The Hall–Kier alpha value is -1.64. The van der Waals surface area contributed by atoms with Crippen molar-refractivity contribution in [2.24, 2.45) is 11.3 Å². The quantitative estimate of drug-likeness (QED) is 0.787. The fourth-order valence-corrected chi connectivity index (χ4v) is 4.66. The van der Waals surface area contributed by atoms with Gasteiger partial charge in [-0.1, -0.05) is 24.6 Å². The van der Waals surface area contributed by atoms with Gasteiger partial charge in [-0.05, 0) is 64.7 Å². The molecule has 1 aliphatic rings. The fourth-order valence-electron chi connectivity index (χ4n) is 4.66. The lowest BCUT2D eigenvalue weighted by atomic mass is 9.41. The number of Topliss-reactive ketones (excluding diaryl/α,β-unsaturated/α-hetero) is 1. The second-order valence-electron chi connectivity index (χ2n) is 7.40. The molecule has 0 saturated heterocycles. The molecule has 3 heteroatoms. The van der Waals surface area contributed by atoms with Crippen molar-refractivity contribution >= 4 is 11.8 Å². The first kappa shape index (κ1) is 17.7. The van der Waals surface area contributed by atoms with Crippen LogP contribution in [0.25, 0.3) is 0 Å². The average molecular weight is 316 g/mol. The van der Waals surface area contributed by atoms with E-state index in [1.807, 2.05) is 13.8 Å². The van der Waals surface area contributed by atoms with Gasteiger partial charge in [-0.2, -0.15) is 0 Å². The molecule has 0 N–H and O–H groups in total. The van der Waals surface area contributed by atoms with E-state index in [2.05, 4.69) is 39.8 Å². The van der Waals surface area contributed by atoms with Crippen LogP contribution in [0.15, 0.2) is 12.1 Å². The normalized spacial score (nSPS) is 29.8. The van der Waals surface area contributed by atoms with E-state index in [0.717, 1.165) is 16.7 Å². The molecule has 0 bridgehead atoms. The van der Waals surface area contributed by atoms with Crippen LogP contribution in [0.5, 0.6) is 0 Å². The van der Waals surface area contributed by atoms with Crippen LogP contribution in [0.4, 0.5) is 0 Å². The van der Waals surface area contributed by atoms with Crippen LogP contribution in [-0.4, -0.2) is 18.4 Å². The van der Waals surface area contributed by atoms with Gasteiger partial charge in [0, 0.05) is 11.3 Å². The predicted molar refractivity (Wildman–Crippen MR) is 91.5 cm³/mol. The van der Waals surface area contributed by atoms with Crippen LogP contribution in [0.3, 0.4) is 0 Å². The maximum Gasteiger partial charge on any atom is 0.312 e. The van der Waals surface area contributed by atoms with E-state index in [1.54, 1.807) is 6.92 Å². The molecule has 0 heterocycles. The fraction of sp³-hybridized carbons (Fsp3) is 0.600. The van der Waals surface area contributed by atoms with Crippen LogP contribution in [0.1, 0.15) is 56.4 Å². The minimum Gasteiger partial charge on any atom is -0.466 e. The Balaban J connectivity index is 2.65. The van der Waals surface area contributed by atoms with E-state index >= 15 is 0 Å². The van der Waals surface area contributed by atoms with Crippen molar-refractivity contribution in [2.45, 2.75) is 60.3 Å². The Morgan fingerprint density at radius 1 is 1.17 bits per heavy atom. The van der Waals surface area contributed by atoms with Crippen LogP contribution < -0.4 is 0 Å². The number of ether oxygens (including phenoxy) is 1. The van der Waals surface area contributed by atoms with Crippen molar-refractivity contribution in [2.75, 3.05) is 6.61 Å². The van der Waals surface area contributed by atoms with Crippen molar-refractivity contribution in [3.63, 3.8) is 0 Å². The van der Waals surface area contributed by atoms with E-state index in [-0.39, 0.29) is 17.7 Å². The number of carbonyl (C=O) groups excluding carboxylic acids is 2. The molecule has 3 nitrogen and oxygen atoms in total. The lowest BCUT2D eigenvalue weighted by Gasteiger charge is -2.60. The molecule has 1 aromatic rings. The Bertz CT molecular complexity index is 638. The number of rotatable bonds is 4. The minimum atomic E-state index is -0.663. The van der Waals surface area contributed by atoms with Gasteiger partial charge in [0.05, 0.1) is 12.0 Å². The molecule has 1 aromatic carbocycles. The number of ketones is 1. The van der Waals surface area contributed by atoms with Gasteiger partial charge in [-0.25, -0.2) is 0 Å². The number of hydrogen-bond acceptors (Lipinski definition) is 3. The van der Waals surface area contributed by atoms with Crippen molar-refractivity contribution in [3.05, 3.63) is 34.4 Å². The number of carbonyl (C=O) groups is 2. The van der Waals surface area contributed by atoms with Crippen LogP contribution in [-0.2, 0) is 19.7 Å². The second-order valence-corrected chi connectivity index (χ2v) is 7.40. The van der Waals surface area contributed by atoms with Gasteiger partial charge < -0.3 is 4.74 Å². The van der Waals surface area contributed by atoms with Crippen molar-refractivity contribution in [1.29, 1.82) is 0 Å². The maximum absolute atomic E-state index is 12.7. The Kier molecular flexibility index (Phi) is 4.44. The number of esters is 1. The zero-order chi connectivity index (χ0) is 17.6.